The lowest BCUT2D eigenvalue weighted by molar-refractivity contribution is -0.385. The summed E-state index contributed by atoms with van der Waals surface area (Å²) in [6.07, 6.45) is 0. The van der Waals surface area contributed by atoms with Gasteiger partial charge in [0.15, 0.2) is 0 Å². The molecule has 1 N–H and O–H groups in total. The normalized spacial score (nSPS) is 10.9. The summed E-state index contributed by atoms with van der Waals surface area (Å²) in [6, 6.07) is 13.5. The molecule has 0 fully saturated rings. The number of nitro groups is 1. The van der Waals surface area contributed by atoms with Crippen molar-refractivity contribution in [2.24, 2.45) is 0 Å². The third kappa shape index (κ3) is 6.39. The van der Waals surface area contributed by atoms with Crippen LogP contribution in [0.5, 0.6) is 5.75 Å². The smallest absolute Gasteiger partial charge is 0.338 e. The van der Waals surface area contributed by atoms with Crippen molar-refractivity contribution in [3.63, 3.8) is 0 Å². The second kappa shape index (κ2) is 11.9. The molecule has 3 aromatic carbocycles. The van der Waals surface area contributed by atoms with Crippen LogP contribution in [-0.4, -0.2) is 45.5 Å². The molecule has 38 heavy (non-hydrogen) atoms. The fraction of sp³-hybridized carbons (Fsp3) is 0.200. The standard InChI is InChI=1S/C25H24ClN3O8S/c1-4-37-25(31)17-6-12-22(21(26)13-17)27-24(30)15-28(18-7-9-19(36-3)10-8-18)38(34,35)20-11-5-16(2)23(14-20)29(32)33/h5-14H,4,15H2,1-3H3,(H,27,30). The quantitative estimate of drug-likeness (QED) is 0.215. The minimum absolute atomic E-state index is 0.0388. The average molecular weight is 562 g/mol. The summed E-state index contributed by atoms with van der Waals surface area (Å²) in [5.41, 5.74) is 0.344. The van der Waals surface area contributed by atoms with Crippen LogP contribution in [0.2, 0.25) is 5.02 Å². The number of nitrogens with one attached hydrogen (secondary N) is 1. The molecule has 1 amide bonds. The summed E-state index contributed by atoms with van der Waals surface area (Å²) >= 11 is 6.22. The molecule has 200 valence electrons. The van der Waals surface area contributed by atoms with Gasteiger partial charge in [0.2, 0.25) is 5.91 Å². The van der Waals surface area contributed by atoms with E-state index in [-0.39, 0.29) is 44.7 Å². The van der Waals surface area contributed by atoms with E-state index >= 15 is 0 Å². The minimum atomic E-state index is -4.44. The molecule has 0 spiro atoms. The van der Waals surface area contributed by atoms with Crippen LogP contribution in [-0.2, 0) is 19.6 Å². The molecule has 0 unspecified atom stereocenters. The van der Waals surface area contributed by atoms with Gasteiger partial charge in [-0.2, -0.15) is 0 Å². The second-order valence-electron chi connectivity index (χ2n) is 7.88. The predicted molar refractivity (Wildman–Crippen MR) is 141 cm³/mol. The van der Waals surface area contributed by atoms with Crippen LogP contribution in [0.25, 0.3) is 0 Å². The van der Waals surface area contributed by atoms with E-state index in [0.717, 1.165) is 10.4 Å². The lowest BCUT2D eigenvalue weighted by Gasteiger charge is -2.24. The first-order valence-electron chi connectivity index (χ1n) is 11.2. The van der Waals surface area contributed by atoms with E-state index in [1.807, 2.05) is 0 Å². The summed E-state index contributed by atoms with van der Waals surface area (Å²) in [4.78, 5) is 35.3. The van der Waals surface area contributed by atoms with Gasteiger partial charge in [0.1, 0.15) is 12.3 Å². The number of methoxy groups -OCH3 is 1. The number of esters is 1. The molecule has 0 aliphatic carbocycles. The Morgan fingerprint density at radius 2 is 1.76 bits per heavy atom. The number of carbonyl (C=O) groups is 2. The number of nitro benzene ring substituents is 1. The van der Waals surface area contributed by atoms with E-state index in [2.05, 4.69) is 5.32 Å². The Balaban J connectivity index is 1.96. The highest BCUT2D eigenvalue weighted by molar-refractivity contribution is 7.92. The van der Waals surface area contributed by atoms with Crippen molar-refractivity contribution in [3.8, 4) is 5.75 Å². The van der Waals surface area contributed by atoms with E-state index in [4.69, 9.17) is 21.1 Å². The van der Waals surface area contributed by atoms with Crippen molar-refractivity contribution in [2.75, 3.05) is 29.9 Å². The number of amides is 1. The Bertz CT molecular complexity index is 1480. The number of nitrogens with zero attached hydrogens (tertiary/aromatic N) is 2. The number of carbonyl (C=O) groups excluding carboxylic acids is 2. The molecular weight excluding hydrogens is 538 g/mol. The molecule has 13 heteroatoms. The maximum absolute atomic E-state index is 13.6. The van der Waals surface area contributed by atoms with Gasteiger partial charge in [-0.15, -0.1) is 0 Å². The van der Waals surface area contributed by atoms with Gasteiger partial charge >= 0.3 is 5.97 Å². The van der Waals surface area contributed by atoms with Crippen LogP contribution in [0.15, 0.2) is 65.6 Å². The molecule has 0 atom stereocenters. The van der Waals surface area contributed by atoms with Crippen LogP contribution in [0, 0.1) is 17.0 Å². The van der Waals surface area contributed by atoms with E-state index < -0.39 is 33.4 Å². The third-order valence-electron chi connectivity index (χ3n) is 5.37. The fourth-order valence-electron chi connectivity index (χ4n) is 3.42. The van der Waals surface area contributed by atoms with Crippen LogP contribution < -0.4 is 14.4 Å². The largest absolute Gasteiger partial charge is 0.497 e. The van der Waals surface area contributed by atoms with E-state index in [1.54, 1.807) is 6.92 Å². The average Bonchev–Trinajstić information content (AvgIpc) is 2.88. The van der Waals surface area contributed by atoms with Gasteiger partial charge in [-0.25, -0.2) is 13.2 Å². The minimum Gasteiger partial charge on any atom is -0.497 e. The van der Waals surface area contributed by atoms with Gasteiger partial charge in [-0.3, -0.25) is 19.2 Å². The number of ether oxygens (including phenoxy) is 2. The number of sulfonamides is 1. The number of rotatable bonds is 10. The van der Waals surface area contributed by atoms with Gasteiger partial charge in [0.25, 0.3) is 15.7 Å². The summed E-state index contributed by atoms with van der Waals surface area (Å²) in [7, 11) is -2.99. The van der Waals surface area contributed by atoms with E-state index in [0.29, 0.717) is 5.75 Å². The number of benzene rings is 3. The highest BCUT2D eigenvalue weighted by Gasteiger charge is 2.29. The van der Waals surface area contributed by atoms with Crippen LogP contribution >= 0.6 is 11.6 Å². The summed E-state index contributed by atoms with van der Waals surface area (Å²) in [6.45, 7) is 2.63. The Hall–Kier alpha value is -4.16. The van der Waals surface area contributed by atoms with Gasteiger partial charge in [-0.05, 0) is 62.4 Å². The van der Waals surface area contributed by atoms with Crippen LogP contribution in [0.3, 0.4) is 0 Å². The third-order valence-corrected chi connectivity index (χ3v) is 7.45. The number of hydrogen-bond acceptors (Lipinski definition) is 8. The molecule has 3 rings (SSSR count). The molecule has 3 aromatic rings. The fourth-order valence-corrected chi connectivity index (χ4v) is 5.08. The first-order valence-corrected chi connectivity index (χ1v) is 13.0. The number of anilines is 2. The molecule has 0 saturated carbocycles. The monoisotopic (exact) mass is 561 g/mol. The maximum Gasteiger partial charge on any atom is 0.338 e. The lowest BCUT2D eigenvalue weighted by atomic mass is 10.2. The zero-order valence-corrected chi connectivity index (χ0v) is 22.2. The van der Waals surface area contributed by atoms with Crippen molar-refractivity contribution >= 4 is 50.6 Å². The summed E-state index contributed by atoms with van der Waals surface area (Å²) in [5.74, 6) is -0.886. The van der Waals surface area contributed by atoms with E-state index in [1.165, 1.54) is 68.6 Å². The highest BCUT2D eigenvalue weighted by Crippen LogP contribution is 2.30. The summed E-state index contributed by atoms with van der Waals surface area (Å²) < 4.78 is 38.1. The highest BCUT2D eigenvalue weighted by atomic mass is 35.5. The van der Waals surface area contributed by atoms with Crippen molar-refractivity contribution in [3.05, 3.63) is 86.9 Å². The number of hydrogen-bond donors (Lipinski definition) is 1. The SMILES string of the molecule is CCOC(=O)c1ccc(NC(=O)CN(c2ccc(OC)cc2)S(=O)(=O)c2ccc(C)c([N+](=O)[O-])c2)c(Cl)c1. The number of halogens is 1. The van der Waals surface area contributed by atoms with Crippen LogP contribution in [0.4, 0.5) is 17.1 Å². The Morgan fingerprint density at radius 3 is 2.34 bits per heavy atom. The predicted octanol–water partition coefficient (Wildman–Crippen LogP) is 4.58. The Kier molecular flexibility index (Phi) is 8.92. The van der Waals surface area contributed by atoms with Crippen molar-refractivity contribution in [1.29, 1.82) is 0 Å². The lowest BCUT2D eigenvalue weighted by Crippen LogP contribution is -2.38. The Morgan fingerprint density at radius 1 is 1.08 bits per heavy atom. The van der Waals surface area contributed by atoms with Gasteiger partial charge in [0, 0.05) is 11.6 Å². The van der Waals surface area contributed by atoms with E-state index in [9.17, 15) is 28.1 Å². The van der Waals surface area contributed by atoms with Crippen molar-refractivity contribution < 1.29 is 32.4 Å². The Labute approximate surface area is 224 Å². The molecule has 0 heterocycles. The number of aryl methyl sites for hydroxylation is 1. The zero-order valence-electron chi connectivity index (χ0n) is 20.6. The molecule has 0 aliphatic rings. The molecule has 0 aromatic heterocycles. The van der Waals surface area contributed by atoms with Crippen molar-refractivity contribution in [2.45, 2.75) is 18.7 Å². The van der Waals surface area contributed by atoms with Crippen molar-refractivity contribution in [1.82, 2.24) is 0 Å². The van der Waals surface area contributed by atoms with Gasteiger partial charge in [0.05, 0.1) is 45.5 Å². The zero-order chi connectivity index (χ0) is 28.0. The molecule has 11 nitrogen and oxygen atoms in total. The molecular formula is C25H24ClN3O8S. The van der Waals surface area contributed by atoms with Crippen LogP contribution in [0.1, 0.15) is 22.8 Å². The maximum atomic E-state index is 13.6. The summed E-state index contributed by atoms with van der Waals surface area (Å²) in [5, 5.41) is 14.0. The molecule has 0 aliphatic heterocycles. The first kappa shape index (κ1) is 28.4. The molecule has 0 saturated heterocycles. The molecule has 0 bridgehead atoms. The van der Waals surface area contributed by atoms with Gasteiger partial charge < -0.3 is 14.8 Å². The topological polar surface area (TPSA) is 145 Å². The molecule has 0 radical (unpaired) electrons. The second-order valence-corrected chi connectivity index (χ2v) is 10.1. The first-order chi connectivity index (χ1) is 18.0. The van der Waals surface area contributed by atoms with Gasteiger partial charge in [-0.1, -0.05) is 17.7 Å².